The van der Waals surface area contributed by atoms with E-state index in [1.807, 2.05) is 0 Å². The van der Waals surface area contributed by atoms with Crippen LogP contribution in [0.2, 0.25) is 0 Å². The summed E-state index contributed by atoms with van der Waals surface area (Å²) in [5, 5.41) is 55.3. The van der Waals surface area contributed by atoms with E-state index in [0.29, 0.717) is 11.1 Å². The maximum absolute atomic E-state index is 10.6. The molecule has 0 aromatic heterocycles. The Morgan fingerprint density at radius 3 is 1.21 bits per heavy atom. The van der Waals surface area contributed by atoms with E-state index in [1.165, 1.54) is 0 Å². The average Bonchev–Trinajstić information content (AvgIpc) is 2.76. The first-order valence-corrected chi connectivity index (χ1v) is 8.80. The van der Waals surface area contributed by atoms with Gasteiger partial charge in [0.1, 0.15) is 0 Å². The fourth-order valence-electron chi connectivity index (χ4n) is 3.31. The Morgan fingerprint density at radius 2 is 0.897 bits per heavy atom. The summed E-state index contributed by atoms with van der Waals surface area (Å²) in [6, 6.07) is 13.8. The number of benzene rings is 3. The van der Waals surface area contributed by atoms with Crippen LogP contribution in [0.1, 0.15) is 16.7 Å². The summed E-state index contributed by atoms with van der Waals surface area (Å²) in [7, 11) is 10.3. The van der Waals surface area contributed by atoms with Crippen molar-refractivity contribution in [1.82, 2.24) is 0 Å². The molecular weight excluding hydrogens is 371 g/mol. The number of nitrogens with one attached hydrogen (secondary N) is 2. The van der Waals surface area contributed by atoms with E-state index in [-0.39, 0.29) is 5.56 Å². The highest BCUT2D eigenvalue weighted by Gasteiger charge is 2.39. The lowest BCUT2D eigenvalue weighted by atomic mass is 9.55. The maximum Gasteiger partial charge on any atom is 0.208 e. The molecule has 0 spiro atoms. The molecule has 0 amide bonds. The molecule has 2 radical (unpaired) electrons. The van der Waals surface area contributed by atoms with E-state index in [1.54, 1.807) is 62.6 Å². The van der Waals surface area contributed by atoms with Gasteiger partial charge < -0.3 is 36.2 Å². The Kier molecular flexibility index (Phi) is 5.11. The molecule has 0 bridgehead atoms. The van der Waals surface area contributed by atoms with E-state index in [9.17, 15) is 25.5 Å². The fraction of sp³-hybridized carbons (Fsp3) is 0.143. The third-order valence-electron chi connectivity index (χ3n) is 5.02. The second-order valence-corrected chi connectivity index (χ2v) is 6.58. The predicted octanol–water partition coefficient (Wildman–Crippen LogP) is 2.76. The lowest BCUT2D eigenvalue weighted by Crippen LogP contribution is -2.30. The summed E-state index contributed by atoms with van der Waals surface area (Å²) in [5.41, 5.74) is 2.20. The van der Waals surface area contributed by atoms with Crippen LogP contribution in [0.25, 0.3) is 0 Å². The molecule has 3 aromatic rings. The van der Waals surface area contributed by atoms with Crippen LogP contribution in [0.4, 0.5) is 11.4 Å². The monoisotopic (exact) mass is 392 g/mol. The highest BCUT2D eigenvalue weighted by Crippen LogP contribution is 2.56. The second kappa shape index (κ2) is 7.39. The lowest BCUT2D eigenvalue weighted by Gasteiger charge is -2.34. The van der Waals surface area contributed by atoms with Gasteiger partial charge in [0.2, 0.25) is 17.2 Å². The second-order valence-electron chi connectivity index (χ2n) is 6.58. The van der Waals surface area contributed by atoms with Crippen molar-refractivity contribution in [1.29, 1.82) is 0 Å². The van der Waals surface area contributed by atoms with Gasteiger partial charge in [-0.3, -0.25) is 0 Å². The van der Waals surface area contributed by atoms with Crippen LogP contribution < -0.4 is 10.6 Å². The molecule has 0 fully saturated rings. The standard InChI is InChI=1S/C21H21BN2O5/c1-23-13-7-3-11(4-8-13)21(22,12-5-9-14(24-2)10-6-12)15-16(25)18(27)20(29)19(28)17(15)26/h3-10,23-29H,1-2H3. The number of aromatic hydroxyl groups is 5. The van der Waals surface area contributed by atoms with Crippen molar-refractivity contribution in [3.05, 3.63) is 65.2 Å². The predicted molar refractivity (Wildman–Crippen MR) is 112 cm³/mol. The van der Waals surface area contributed by atoms with Gasteiger partial charge in [0.05, 0.1) is 7.85 Å². The van der Waals surface area contributed by atoms with Crippen LogP contribution >= 0.6 is 0 Å². The van der Waals surface area contributed by atoms with Crippen LogP contribution in [0, 0.1) is 0 Å². The Bertz CT molecular complexity index is 960. The Balaban J connectivity index is 2.37. The highest BCUT2D eigenvalue weighted by molar-refractivity contribution is 6.21. The molecule has 0 aliphatic heterocycles. The van der Waals surface area contributed by atoms with Gasteiger partial charge >= 0.3 is 0 Å². The van der Waals surface area contributed by atoms with Gasteiger partial charge in [0.15, 0.2) is 11.5 Å². The molecule has 0 aliphatic carbocycles. The van der Waals surface area contributed by atoms with Gasteiger partial charge in [0, 0.05) is 36.3 Å². The van der Waals surface area contributed by atoms with Crippen LogP contribution in [-0.4, -0.2) is 47.5 Å². The zero-order valence-electron chi connectivity index (χ0n) is 15.9. The normalized spacial score (nSPS) is 11.2. The van der Waals surface area contributed by atoms with Crippen molar-refractivity contribution < 1.29 is 25.5 Å². The third kappa shape index (κ3) is 3.12. The van der Waals surface area contributed by atoms with E-state index in [2.05, 4.69) is 10.6 Å². The molecule has 7 nitrogen and oxygen atoms in total. The van der Waals surface area contributed by atoms with E-state index in [0.717, 1.165) is 11.4 Å². The number of rotatable bonds is 5. The van der Waals surface area contributed by atoms with Crippen LogP contribution in [0.3, 0.4) is 0 Å². The van der Waals surface area contributed by atoms with Gasteiger partial charge in [-0.1, -0.05) is 24.3 Å². The zero-order valence-corrected chi connectivity index (χ0v) is 15.9. The molecule has 3 aromatic carbocycles. The minimum Gasteiger partial charge on any atom is -0.504 e. The number of phenolic OH excluding ortho intramolecular Hbond substituents is 5. The average molecular weight is 392 g/mol. The molecular formula is C21H21BN2O5. The van der Waals surface area contributed by atoms with Crippen LogP contribution in [0.15, 0.2) is 48.5 Å². The highest BCUT2D eigenvalue weighted by atomic mass is 16.4. The zero-order chi connectivity index (χ0) is 21.3. The molecule has 0 saturated heterocycles. The van der Waals surface area contributed by atoms with Crippen molar-refractivity contribution in [2.24, 2.45) is 0 Å². The van der Waals surface area contributed by atoms with Crippen molar-refractivity contribution in [3.8, 4) is 28.7 Å². The Labute approximate surface area is 169 Å². The number of anilines is 2. The Morgan fingerprint density at radius 1 is 0.586 bits per heavy atom. The summed E-state index contributed by atoms with van der Waals surface area (Å²) >= 11 is 0. The van der Waals surface area contributed by atoms with Crippen molar-refractivity contribution in [2.75, 3.05) is 24.7 Å². The molecule has 148 valence electrons. The SMILES string of the molecule is [B]C(c1ccc(NC)cc1)(c1ccc(NC)cc1)c1c(O)c(O)c(O)c(O)c1O. The number of phenols is 5. The van der Waals surface area contributed by atoms with Gasteiger partial charge in [-0.05, 0) is 35.4 Å². The summed E-state index contributed by atoms with van der Waals surface area (Å²) in [6.07, 6.45) is 0. The maximum atomic E-state index is 10.6. The summed E-state index contributed by atoms with van der Waals surface area (Å²) < 4.78 is 0. The van der Waals surface area contributed by atoms with E-state index >= 15 is 0 Å². The largest absolute Gasteiger partial charge is 0.504 e. The number of hydrogen-bond acceptors (Lipinski definition) is 7. The lowest BCUT2D eigenvalue weighted by molar-refractivity contribution is 0.322. The first-order valence-electron chi connectivity index (χ1n) is 8.80. The summed E-state index contributed by atoms with van der Waals surface area (Å²) in [5.74, 6) is -4.68. The third-order valence-corrected chi connectivity index (χ3v) is 5.02. The molecule has 0 unspecified atom stereocenters. The minimum absolute atomic E-state index is 0.347. The molecule has 0 atom stereocenters. The quantitative estimate of drug-likeness (QED) is 0.154. The molecule has 0 heterocycles. The van der Waals surface area contributed by atoms with Gasteiger partial charge in [-0.2, -0.15) is 0 Å². The van der Waals surface area contributed by atoms with Crippen molar-refractivity contribution >= 4 is 19.2 Å². The van der Waals surface area contributed by atoms with Crippen molar-refractivity contribution in [3.63, 3.8) is 0 Å². The topological polar surface area (TPSA) is 125 Å². The number of hydrogen-bond donors (Lipinski definition) is 7. The minimum atomic E-state index is -1.67. The van der Waals surface area contributed by atoms with Crippen LogP contribution in [0.5, 0.6) is 28.7 Å². The van der Waals surface area contributed by atoms with E-state index < -0.39 is 34.1 Å². The first-order chi connectivity index (χ1) is 13.7. The van der Waals surface area contributed by atoms with Gasteiger partial charge in [-0.25, -0.2) is 0 Å². The van der Waals surface area contributed by atoms with Gasteiger partial charge in [-0.15, -0.1) is 0 Å². The first kappa shape index (κ1) is 20.1. The summed E-state index contributed by atoms with van der Waals surface area (Å²) in [4.78, 5) is 0. The van der Waals surface area contributed by atoms with Crippen molar-refractivity contribution in [2.45, 2.75) is 5.31 Å². The van der Waals surface area contributed by atoms with E-state index in [4.69, 9.17) is 7.85 Å². The molecule has 3 rings (SSSR count). The fourth-order valence-corrected chi connectivity index (χ4v) is 3.31. The summed E-state index contributed by atoms with van der Waals surface area (Å²) in [6.45, 7) is 0. The van der Waals surface area contributed by atoms with Gasteiger partial charge in [0.25, 0.3) is 0 Å². The smallest absolute Gasteiger partial charge is 0.208 e. The van der Waals surface area contributed by atoms with Crippen LogP contribution in [-0.2, 0) is 5.31 Å². The molecule has 0 saturated carbocycles. The molecule has 7 N–H and O–H groups in total. The Hall–Kier alpha value is -3.68. The molecule has 8 heteroatoms. The molecule has 0 aliphatic rings. The molecule has 29 heavy (non-hydrogen) atoms.